The van der Waals surface area contributed by atoms with E-state index in [1.165, 1.54) is 12.1 Å². The van der Waals surface area contributed by atoms with Gasteiger partial charge >= 0.3 is 0 Å². The molecule has 2 fully saturated rings. The highest BCUT2D eigenvalue weighted by Crippen LogP contribution is 2.29. The summed E-state index contributed by atoms with van der Waals surface area (Å²) in [4.78, 5) is 34.9. The molecule has 2 atom stereocenters. The number of rotatable bonds is 4. The summed E-state index contributed by atoms with van der Waals surface area (Å²) >= 11 is 0. The van der Waals surface area contributed by atoms with E-state index in [1.807, 2.05) is 11.8 Å². The Balaban J connectivity index is 1.37. The first-order chi connectivity index (χ1) is 14.9. The third kappa shape index (κ3) is 4.76. The monoisotopic (exact) mass is 429 g/mol. The Morgan fingerprint density at radius 2 is 1.77 bits per heavy atom. The summed E-state index contributed by atoms with van der Waals surface area (Å²) in [5.74, 6) is 0.898. The second-order valence-corrected chi connectivity index (χ2v) is 8.30. The summed E-state index contributed by atoms with van der Waals surface area (Å²) in [5.41, 5.74) is 0.706. The predicted molar refractivity (Wildman–Crippen MR) is 112 cm³/mol. The minimum absolute atomic E-state index is 0.0542. The lowest BCUT2D eigenvalue weighted by molar-refractivity contribution is -0.142. The largest absolute Gasteiger partial charge is 0.339 e. The fourth-order valence-electron chi connectivity index (χ4n) is 4.34. The molecule has 9 heteroatoms. The number of aromatic nitrogens is 2. The SMILES string of the molecule is CC(=O)N1CCN(C(=O)C(C)N2CCCC(c3nc(-c4ccc(F)cc4)no3)C2)CC1. The van der Waals surface area contributed by atoms with Gasteiger partial charge in [-0.15, -0.1) is 0 Å². The van der Waals surface area contributed by atoms with Crippen molar-refractivity contribution in [3.63, 3.8) is 0 Å². The van der Waals surface area contributed by atoms with Crippen molar-refractivity contribution in [3.8, 4) is 11.4 Å². The molecule has 2 aromatic rings. The molecular weight excluding hydrogens is 401 g/mol. The summed E-state index contributed by atoms with van der Waals surface area (Å²) in [6, 6.07) is 5.76. The molecule has 166 valence electrons. The maximum absolute atomic E-state index is 13.2. The van der Waals surface area contributed by atoms with Crippen LogP contribution in [-0.2, 0) is 9.59 Å². The van der Waals surface area contributed by atoms with Gasteiger partial charge in [0.2, 0.25) is 23.5 Å². The molecule has 0 N–H and O–H groups in total. The number of carbonyl (C=O) groups excluding carboxylic acids is 2. The number of likely N-dealkylation sites (tertiary alicyclic amines) is 1. The maximum Gasteiger partial charge on any atom is 0.239 e. The molecule has 2 amide bonds. The van der Waals surface area contributed by atoms with Crippen molar-refractivity contribution >= 4 is 11.8 Å². The molecular formula is C22H28FN5O3. The first-order valence-electron chi connectivity index (χ1n) is 10.8. The molecule has 0 saturated carbocycles. The molecule has 0 radical (unpaired) electrons. The Labute approximate surface area is 181 Å². The van der Waals surface area contributed by atoms with E-state index in [1.54, 1.807) is 24.0 Å². The molecule has 2 aliphatic rings. The minimum atomic E-state index is -0.309. The lowest BCUT2D eigenvalue weighted by atomic mass is 9.96. The van der Waals surface area contributed by atoms with Crippen molar-refractivity contribution in [3.05, 3.63) is 36.0 Å². The van der Waals surface area contributed by atoms with Crippen molar-refractivity contribution in [2.24, 2.45) is 0 Å². The zero-order chi connectivity index (χ0) is 22.0. The van der Waals surface area contributed by atoms with E-state index in [0.29, 0.717) is 50.0 Å². The number of amides is 2. The summed E-state index contributed by atoms with van der Waals surface area (Å²) in [6.07, 6.45) is 1.86. The van der Waals surface area contributed by atoms with Crippen LogP contribution >= 0.6 is 0 Å². The summed E-state index contributed by atoms with van der Waals surface area (Å²) in [6.45, 7) is 7.35. The number of piperidine rings is 1. The van der Waals surface area contributed by atoms with Gasteiger partial charge in [-0.2, -0.15) is 4.98 Å². The van der Waals surface area contributed by atoms with Crippen LogP contribution in [0.15, 0.2) is 28.8 Å². The van der Waals surface area contributed by atoms with Crippen LogP contribution in [0.1, 0.15) is 38.5 Å². The Hall–Kier alpha value is -2.81. The molecule has 4 rings (SSSR count). The quantitative estimate of drug-likeness (QED) is 0.741. The highest BCUT2D eigenvalue weighted by atomic mass is 19.1. The standard InChI is InChI=1S/C22H28FN5O3/c1-15(22(30)27-12-10-26(11-13-27)16(2)29)28-9-3-4-18(14-28)21-24-20(25-31-21)17-5-7-19(23)8-6-17/h5-8,15,18H,3-4,9-14H2,1-2H3. The number of benzene rings is 1. The van der Waals surface area contributed by atoms with E-state index in [2.05, 4.69) is 15.0 Å². The van der Waals surface area contributed by atoms with E-state index in [9.17, 15) is 14.0 Å². The van der Waals surface area contributed by atoms with Crippen molar-refractivity contribution in [1.29, 1.82) is 0 Å². The lowest BCUT2D eigenvalue weighted by Crippen LogP contribution is -2.55. The van der Waals surface area contributed by atoms with Crippen molar-refractivity contribution in [2.75, 3.05) is 39.3 Å². The van der Waals surface area contributed by atoms with E-state index in [-0.39, 0.29) is 29.6 Å². The molecule has 2 saturated heterocycles. The molecule has 8 nitrogen and oxygen atoms in total. The molecule has 0 aliphatic carbocycles. The Morgan fingerprint density at radius 1 is 1.10 bits per heavy atom. The van der Waals surface area contributed by atoms with Gasteiger partial charge in [0.05, 0.1) is 12.0 Å². The Kier molecular flexibility index (Phi) is 6.31. The molecule has 1 aromatic carbocycles. The highest BCUT2D eigenvalue weighted by molar-refractivity contribution is 5.82. The molecule has 2 aliphatic heterocycles. The zero-order valence-electron chi connectivity index (χ0n) is 18.0. The van der Waals surface area contributed by atoms with Gasteiger partial charge < -0.3 is 14.3 Å². The third-order valence-electron chi connectivity index (χ3n) is 6.29. The second kappa shape index (κ2) is 9.13. The van der Waals surface area contributed by atoms with Gasteiger partial charge in [0.1, 0.15) is 5.82 Å². The number of carbonyl (C=O) groups is 2. The van der Waals surface area contributed by atoms with Gasteiger partial charge in [0.25, 0.3) is 0 Å². The summed E-state index contributed by atoms with van der Waals surface area (Å²) in [5, 5.41) is 4.06. The average molecular weight is 429 g/mol. The van der Waals surface area contributed by atoms with Crippen LogP contribution in [-0.4, -0.2) is 82.0 Å². The predicted octanol–water partition coefficient (Wildman–Crippen LogP) is 2.13. The van der Waals surface area contributed by atoms with Crippen LogP contribution in [0.3, 0.4) is 0 Å². The number of hydrogen-bond donors (Lipinski definition) is 0. The summed E-state index contributed by atoms with van der Waals surface area (Å²) < 4.78 is 18.7. The zero-order valence-corrected chi connectivity index (χ0v) is 18.0. The first kappa shape index (κ1) is 21.4. The second-order valence-electron chi connectivity index (χ2n) is 8.30. The van der Waals surface area contributed by atoms with Crippen LogP contribution < -0.4 is 0 Å². The average Bonchev–Trinajstić information content (AvgIpc) is 3.29. The van der Waals surface area contributed by atoms with E-state index in [0.717, 1.165) is 19.4 Å². The minimum Gasteiger partial charge on any atom is -0.339 e. The fourth-order valence-corrected chi connectivity index (χ4v) is 4.34. The Bertz CT molecular complexity index is 923. The normalized spacial score (nSPS) is 21.2. The number of piperazine rings is 1. The van der Waals surface area contributed by atoms with Gasteiger partial charge in [0.15, 0.2) is 0 Å². The molecule has 3 heterocycles. The molecule has 0 spiro atoms. The van der Waals surface area contributed by atoms with Crippen LogP contribution in [0.25, 0.3) is 11.4 Å². The lowest BCUT2D eigenvalue weighted by Gasteiger charge is -2.39. The van der Waals surface area contributed by atoms with Crippen LogP contribution in [0.2, 0.25) is 0 Å². The molecule has 0 bridgehead atoms. The van der Waals surface area contributed by atoms with Crippen LogP contribution in [0.4, 0.5) is 4.39 Å². The van der Waals surface area contributed by atoms with Crippen molar-refractivity contribution < 1.29 is 18.5 Å². The summed E-state index contributed by atoms with van der Waals surface area (Å²) in [7, 11) is 0. The number of hydrogen-bond acceptors (Lipinski definition) is 6. The Morgan fingerprint density at radius 3 is 2.45 bits per heavy atom. The van der Waals surface area contributed by atoms with Gasteiger partial charge in [-0.1, -0.05) is 5.16 Å². The van der Waals surface area contributed by atoms with E-state index < -0.39 is 0 Å². The molecule has 1 aromatic heterocycles. The first-order valence-corrected chi connectivity index (χ1v) is 10.8. The van der Waals surface area contributed by atoms with E-state index >= 15 is 0 Å². The maximum atomic E-state index is 13.2. The van der Waals surface area contributed by atoms with Crippen LogP contribution in [0, 0.1) is 5.82 Å². The topological polar surface area (TPSA) is 82.8 Å². The van der Waals surface area contributed by atoms with Gasteiger partial charge in [0, 0.05) is 45.2 Å². The highest BCUT2D eigenvalue weighted by Gasteiger charge is 2.34. The third-order valence-corrected chi connectivity index (χ3v) is 6.29. The number of nitrogens with zero attached hydrogens (tertiary/aromatic N) is 5. The van der Waals surface area contributed by atoms with E-state index in [4.69, 9.17) is 4.52 Å². The fraction of sp³-hybridized carbons (Fsp3) is 0.545. The molecule has 2 unspecified atom stereocenters. The van der Waals surface area contributed by atoms with Gasteiger partial charge in [-0.3, -0.25) is 14.5 Å². The molecule has 31 heavy (non-hydrogen) atoms. The van der Waals surface area contributed by atoms with Crippen molar-refractivity contribution in [1.82, 2.24) is 24.8 Å². The van der Waals surface area contributed by atoms with Crippen molar-refractivity contribution in [2.45, 2.75) is 38.6 Å². The smallest absolute Gasteiger partial charge is 0.239 e. The van der Waals surface area contributed by atoms with Crippen LogP contribution in [0.5, 0.6) is 0 Å². The number of halogens is 1. The van der Waals surface area contributed by atoms with Gasteiger partial charge in [-0.05, 0) is 50.6 Å². The van der Waals surface area contributed by atoms with Gasteiger partial charge in [-0.25, -0.2) is 4.39 Å².